The van der Waals surface area contributed by atoms with Crippen LogP contribution in [-0.4, -0.2) is 17.6 Å². The molecule has 0 bridgehead atoms. The summed E-state index contributed by atoms with van der Waals surface area (Å²) in [5.41, 5.74) is 7.58. The summed E-state index contributed by atoms with van der Waals surface area (Å²) in [5, 5.41) is 8.65. The summed E-state index contributed by atoms with van der Waals surface area (Å²) < 4.78 is 0. The van der Waals surface area contributed by atoms with E-state index in [2.05, 4.69) is 0 Å². The first-order chi connectivity index (χ1) is 8.22. The fourth-order valence-corrected chi connectivity index (χ4v) is 1.83. The van der Waals surface area contributed by atoms with Gasteiger partial charge in [-0.1, -0.05) is 37.1 Å². The van der Waals surface area contributed by atoms with Crippen molar-refractivity contribution < 1.29 is 9.90 Å². The lowest BCUT2D eigenvalue weighted by Crippen LogP contribution is -2.00. The van der Waals surface area contributed by atoms with E-state index in [1.165, 1.54) is 24.8 Å². The number of hydrogen-bond donors (Lipinski definition) is 2. The van der Waals surface area contributed by atoms with Crippen LogP contribution in [0.3, 0.4) is 0 Å². The van der Waals surface area contributed by atoms with Crippen molar-refractivity contribution in [1.29, 1.82) is 0 Å². The third kappa shape index (κ3) is 6.07. The van der Waals surface area contributed by atoms with Crippen molar-refractivity contribution in [2.24, 2.45) is 5.73 Å². The summed E-state index contributed by atoms with van der Waals surface area (Å²) in [6.45, 7) is 0.782. The number of carbonyl (C=O) groups is 1. The summed E-state index contributed by atoms with van der Waals surface area (Å²) in [4.78, 5) is 10.5. The number of rotatable bonds is 8. The Bertz CT molecular complexity index is 333. The molecule has 0 aliphatic carbocycles. The van der Waals surface area contributed by atoms with Crippen LogP contribution in [0.4, 0.5) is 0 Å². The van der Waals surface area contributed by atoms with E-state index in [0.29, 0.717) is 0 Å². The van der Waals surface area contributed by atoms with E-state index in [4.69, 9.17) is 10.8 Å². The average molecular weight is 235 g/mol. The predicted molar refractivity (Wildman–Crippen MR) is 69.0 cm³/mol. The fraction of sp³-hybridized carbons (Fsp3) is 0.500. The number of benzene rings is 1. The minimum Gasteiger partial charge on any atom is -0.481 e. The second-order valence-corrected chi connectivity index (χ2v) is 4.34. The van der Waals surface area contributed by atoms with Gasteiger partial charge in [-0.05, 0) is 36.9 Å². The number of carboxylic acid groups (broad SMARTS) is 1. The summed E-state index contributed by atoms with van der Waals surface area (Å²) in [6, 6.07) is 7.87. The Balaban J connectivity index is 2.28. The van der Waals surface area contributed by atoms with Gasteiger partial charge in [0.2, 0.25) is 0 Å². The Morgan fingerprint density at radius 1 is 1.00 bits per heavy atom. The number of carboxylic acids is 1. The Morgan fingerprint density at radius 3 is 2.18 bits per heavy atom. The van der Waals surface area contributed by atoms with Gasteiger partial charge in [0.15, 0.2) is 0 Å². The van der Waals surface area contributed by atoms with Crippen molar-refractivity contribution in [3.63, 3.8) is 0 Å². The molecule has 0 amide bonds. The molecule has 0 saturated carbocycles. The van der Waals surface area contributed by atoms with Crippen LogP contribution in [0.1, 0.15) is 36.8 Å². The molecule has 1 rings (SSSR count). The molecular weight excluding hydrogens is 214 g/mol. The maximum Gasteiger partial charge on any atom is 0.307 e. The highest BCUT2D eigenvalue weighted by Gasteiger charge is 2.00. The van der Waals surface area contributed by atoms with Gasteiger partial charge in [-0.15, -0.1) is 0 Å². The third-order valence-corrected chi connectivity index (χ3v) is 2.80. The zero-order chi connectivity index (χ0) is 12.5. The quantitative estimate of drug-likeness (QED) is 0.680. The molecule has 0 radical (unpaired) electrons. The smallest absolute Gasteiger partial charge is 0.307 e. The van der Waals surface area contributed by atoms with Crippen LogP contribution in [0.2, 0.25) is 0 Å². The van der Waals surface area contributed by atoms with Gasteiger partial charge in [0.25, 0.3) is 0 Å². The molecule has 94 valence electrons. The van der Waals surface area contributed by atoms with E-state index in [1.807, 2.05) is 24.3 Å². The summed E-state index contributed by atoms with van der Waals surface area (Å²) >= 11 is 0. The van der Waals surface area contributed by atoms with Crippen LogP contribution < -0.4 is 5.73 Å². The van der Waals surface area contributed by atoms with Crippen LogP contribution in [0.5, 0.6) is 0 Å². The topological polar surface area (TPSA) is 63.3 Å². The minimum absolute atomic E-state index is 0.108. The molecule has 1 aromatic rings. The van der Waals surface area contributed by atoms with E-state index in [9.17, 15) is 4.79 Å². The lowest BCUT2D eigenvalue weighted by molar-refractivity contribution is -0.136. The fourth-order valence-electron chi connectivity index (χ4n) is 1.83. The van der Waals surface area contributed by atoms with E-state index in [0.717, 1.165) is 24.9 Å². The van der Waals surface area contributed by atoms with Crippen LogP contribution in [-0.2, 0) is 17.6 Å². The molecule has 0 unspecified atom stereocenters. The van der Waals surface area contributed by atoms with Gasteiger partial charge in [-0.25, -0.2) is 0 Å². The van der Waals surface area contributed by atoms with Crippen LogP contribution in [0, 0.1) is 0 Å². The highest BCUT2D eigenvalue weighted by Crippen LogP contribution is 2.10. The summed E-state index contributed by atoms with van der Waals surface area (Å²) in [5.74, 6) is -0.778. The molecule has 0 saturated heterocycles. The van der Waals surface area contributed by atoms with Crippen molar-refractivity contribution in [1.82, 2.24) is 0 Å². The Morgan fingerprint density at radius 2 is 1.59 bits per heavy atom. The van der Waals surface area contributed by atoms with E-state index in [1.54, 1.807) is 0 Å². The summed E-state index contributed by atoms with van der Waals surface area (Å²) in [6.07, 6.45) is 5.88. The predicted octanol–water partition coefficient (Wildman–Crippen LogP) is 2.38. The van der Waals surface area contributed by atoms with Gasteiger partial charge in [0.05, 0.1) is 6.42 Å². The van der Waals surface area contributed by atoms with Crippen LogP contribution >= 0.6 is 0 Å². The van der Waals surface area contributed by atoms with Crippen molar-refractivity contribution in [2.75, 3.05) is 6.54 Å². The molecular formula is C14H21NO2. The van der Waals surface area contributed by atoms with Gasteiger partial charge in [0, 0.05) is 0 Å². The van der Waals surface area contributed by atoms with E-state index < -0.39 is 5.97 Å². The zero-order valence-corrected chi connectivity index (χ0v) is 10.2. The SMILES string of the molecule is NCCCCCCc1ccc(CC(=O)O)cc1. The molecule has 0 aliphatic heterocycles. The molecule has 17 heavy (non-hydrogen) atoms. The lowest BCUT2D eigenvalue weighted by atomic mass is 10.0. The molecule has 0 aromatic heterocycles. The molecule has 3 nitrogen and oxygen atoms in total. The van der Waals surface area contributed by atoms with E-state index >= 15 is 0 Å². The second-order valence-electron chi connectivity index (χ2n) is 4.34. The summed E-state index contributed by atoms with van der Waals surface area (Å²) in [7, 11) is 0. The first-order valence-corrected chi connectivity index (χ1v) is 6.22. The zero-order valence-electron chi connectivity index (χ0n) is 10.2. The highest BCUT2D eigenvalue weighted by molar-refractivity contribution is 5.70. The molecule has 0 spiro atoms. The molecule has 0 aliphatic rings. The van der Waals surface area contributed by atoms with Crippen molar-refractivity contribution >= 4 is 5.97 Å². The standard InChI is InChI=1S/C14H21NO2/c15-10-4-2-1-3-5-12-6-8-13(9-7-12)11-14(16)17/h6-9H,1-5,10-11,15H2,(H,16,17). The number of unbranched alkanes of at least 4 members (excludes halogenated alkanes) is 3. The molecule has 3 N–H and O–H groups in total. The van der Waals surface area contributed by atoms with Gasteiger partial charge in [0.1, 0.15) is 0 Å². The maximum atomic E-state index is 10.5. The molecule has 3 heteroatoms. The van der Waals surface area contributed by atoms with Crippen LogP contribution in [0.15, 0.2) is 24.3 Å². The Hall–Kier alpha value is -1.35. The van der Waals surface area contributed by atoms with Gasteiger partial charge in [-0.2, -0.15) is 0 Å². The van der Waals surface area contributed by atoms with Crippen LogP contribution in [0.25, 0.3) is 0 Å². The Kier molecular flexibility index (Phi) is 6.33. The maximum absolute atomic E-state index is 10.5. The molecule has 0 heterocycles. The van der Waals surface area contributed by atoms with Gasteiger partial charge < -0.3 is 10.8 Å². The van der Waals surface area contributed by atoms with Crippen molar-refractivity contribution in [2.45, 2.75) is 38.5 Å². The van der Waals surface area contributed by atoms with E-state index in [-0.39, 0.29) is 6.42 Å². The second kappa shape index (κ2) is 7.85. The molecule has 1 aromatic carbocycles. The number of nitrogens with two attached hydrogens (primary N) is 1. The van der Waals surface area contributed by atoms with Crippen molar-refractivity contribution in [3.8, 4) is 0 Å². The number of aryl methyl sites for hydroxylation is 1. The number of aliphatic carboxylic acids is 1. The Labute approximate surface area is 103 Å². The molecule has 0 fully saturated rings. The lowest BCUT2D eigenvalue weighted by Gasteiger charge is -2.03. The highest BCUT2D eigenvalue weighted by atomic mass is 16.4. The molecule has 0 atom stereocenters. The number of hydrogen-bond acceptors (Lipinski definition) is 2. The van der Waals surface area contributed by atoms with Gasteiger partial charge in [-0.3, -0.25) is 4.79 Å². The van der Waals surface area contributed by atoms with Crippen molar-refractivity contribution in [3.05, 3.63) is 35.4 Å². The monoisotopic (exact) mass is 235 g/mol. The minimum atomic E-state index is -0.778. The first kappa shape index (κ1) is 13.7. The largest absolute Gasteiger partial charge is 0.481 e. The normalized spacial score (nSPS) is 10.4. The first-order valence-electron chi connectivity index (χ1n) is 6.22. The average Bonchev–Trinajstić information content (AvgIpc) is 2.30. The third-order valence-electron chi connectivity index (χ3n) is 2.80. The van der Waals surface area contributed by atoms with Gasteiger partial charge >= 0.3 is 5.97 Å².